The second-order valence-electron chi connectivity index (χ2n) is 10.3. The van der Waals surface area contributed by atoms with Crippen LogP contribution in [0.4, 0.5) is 5.69 Å². The Morgan fingerprint density at radius 1 is 0.974 bits per heavy atom. The van der Waals surface area contributed by atoms with Crippen molar-refractivity contribution in [3.05, 3.63) is 65.2 Å². The third kappa shape index (κ3) is 8.11. The maximum atomic E-state index is 12.3. The number of hydrogen-bond acceptors (Lipinski definition) is 7. The zero-order valence-corrected chi connectivity index (χ0v) is 22.4. The zero-order valence-electron chi connectivity index (χ0n) is 22.4. The SMILES string of the molecule is CC(=O)O[C@@H](C)C(=O)Nc1ccc([C@H]2O[C@@H](CN3CCCCCCC3)C[C@@H](c3ccc(CO)cc3)O2)cc1. The monoisotopic (exact) mass is 524 g/mol. The Kier molecular flexibility index (Phi) is 10.3. The fourth-order valence-corrected chi connectivity index (χ4v) is 5.09. The lowest BCUT2D eigenvalue weighted by molar-refractivity contribution is -0.253. The third-order valence-electron chi connectivity index (χ3n) is 7.19. The average molecular weight is 525 g/mol. The molecule has 1 amide bonds. The van der Waals surface area contributed by atoms with Crippen LogP contribution < -0.4 is 5.32 Å². The number of benzene rings is 2. The molecule has 0 bridgehead atoms. The standard InChI is InChI=1S/C30H40N2O6/c1-21(36-22(2)34)29(35)31-26-14-12-25(13-15-26)30-37-27(19-32-16-6-4-3-5-7-17-32)18-28(38-30)24-10-8-23(20-33)9-11-24/h8-15,21,27-28,30,33H,3-7,16-20H2,1-2H3,(H,31,35)/t21-,27+,28-,30-/m0/s1. The van der Waals surface area contributed by atoms with E-state index in [-0.39, 0.29) is 18.8 Å². The molecule has 206 valence electrons. The van der Waals surface area contributed by atoms with Gasteiger partial charge in [-0.05, 0) is 56.1 Å². The lowest BCUT2D eigenvalue weighted by Gasteiger charge is -2.38. The fourth-order valence-electron chi connectivity index (χ4n) is 5.09. The number of amides is 1. The van der Waals surface area contributed by atoms with Crippen LogP contribution in [0.25, 0.3) is 0 Å². The van der Waals surface area contributed by atoms with Crippen LogP contribution in [0.2, 0.25) is 0 Å². The number of nitrogens with one attached hydrogen (secondary N) is 1. The van der Waals surface area contributed by atoms with E-state index < -0.39 is 24.3 Å². The topological polar surface area (TPSA) is 97.3 Å². The molecule has 0 radical (unpaired) electrons. The van der Waals surface area contributed by atoms with Gasteiger partial charge in [0.15, 0.2) is 12.4 Å². The summed E-state index contributed by atoms with van der Waals surface area (Å²) in [6, 6.07) is 15.3. The molecule has 8 heteroatoms. The second kappa shape index (κ2) is 13.8. The molecular formula is C30H40N2O6. The maximum Gasteiger partial charge on any atom is 0.303 e. The zero-order chi connectivity index (χ0) is 26.9. The number of likely N-dealkylation sites (tertiary alicyclic amines) is 1. The van der Waals surface area contributed by atoms with Crippen LogP contribution in [0.1, 0.15) is 81.5 Å². The number of carbonyl (C=O) groups is 2. The molecule has 0 unspecified atom stereocenters. The molecule has 2 saturated heterocycles. The largest absolute Gasteiger partial charge is 0.453 e. The number of anilines is 1. The smallest absolute Gasteiger partial charge is 0.303 e. The van der Waals surface area contributed by atoms with Gasteiger partial charge in [0.05, 0.1) is 18.8 Å². The highest BCUT2D eigenvalue weighted by Crippen LogP contribution is 2.38. The van der Waals surface area contributed by atoms with Gasteiger partial charge >= 0.3 is 5.97 Å². The van der Waals surface area contributed by atoms with Crippen LogP contribution >= 0.6 is 0 Å². The number of rotatable bonds is 8. The summed E-state index contributed by atoms with van der Waals surface area (Å²) in [6.07, 6.45) is 5.57. The van der Waals surface area contributed by atoms with Crippen molar-refractivity contribution in [1.29, 1.82) is 0 Å². The van der Waals surface area contributed by atoms with Crippen molar-refractivity contribution in [3.8, 4) is 0 Å². The van der Waals surface area contributed by atoms with E-state index in [0.717, 1.165) is 42.7 Å². The summed E-state index contributed by atoms with van der Waals surface area (Å²) in [4.78, 5) is 26.0. The summed E-state index contributed by atoms with van der Waals surface area (Å²) in [6.45, 7) is 5.89. The first-order chi connectivity index (χ1) is 18.4. The number of ether oxygens (including phenoxy) is 3. The van der Waals surface area contributed by atoms with Crippen molar-refractivity contribution in [2.24, 2.45) is 0 Å². The number of carbonyl (C=O) groups excluding carboxylic acids is 2. The molecular weight excluding hydrogens is 484 g/mol. The van der Waals surface area contributed by atoms with Gasteiger partial charge in [-0.3, -0.25) is 9.59 Å². The van der Waals surface area contributed by atoms with E-state index in [1.54, 1.807) is 12.1 Å². The van der Waals surface area contributed by atoms with E-state index >= 15 is 0 Å². The Morgan fingerprint density at radius 2 is 1.61 bits per heavy atom. The number of hydrogen-bond donors (Lipinski definition) is 2. The summed E-state index contributed by atoms with van der Waals surface area (Å²) < 4.78 is 17.9. The molecule has 2 aliphatic rings. The van der Waals surface area contributed by atoms with Gasteiger partial charge in [0.2, 0.25) is 0 Å². The predicted molar refractivity (Wildman–Crippen MR) is 144 cm³/mol. The molecule has 4 atom stereocenters. The van der Waals surface area contributed by atoms with Crippen molar-refractivity contribution >= 4 is 17.6 Å². The van der Waals surface area contributed by atoms with E-state index in [2.05, 4.69) is 10.2 Å². The van der Waals surface area contributed by atoms with Crippen molar-refractivity contribution in [2.75, 3.05) is 25.0 Å². The number of nitrogens with zero attached hydrogens (tertiary/aromatic N) is 1. The van der Waals surface area contributed by atoms with Crippen LogP contribution in [0.5, 0.6) is 0 Å². The highest BCUT2D eigenvalue weighted by Gasteiger charge is 2.33. The Hall–Kier alpha value is -2.78. The molecule has 4 rings (SSSR count). The Balaban J connectivity index is 1.47. The molecule has 8 nitrogen and oxygen atoms in total. The minimum Gasteiger partial charge on any atom is -0.453 e. The first-order valence-electron chi connectivity index (χ1n) is 13.7. The van der Waals surface area contributed by atoms with Crippen molar-refractivity contribution in [2.45, 2.75) is 83.6 Å². The predicted octanol–water partition coefficient (Wildman–Crippen LogP) is 4.88. The van der Waals surface area contributed by atoms with Gasteiger partial charge in [0.25, 0.3) is 5.91 Å². The fraction of sp³-hybridized carbons (Fsp3) is 0.533. The minimum absolute atomic E-state index is 0.0116. The molecule has 2 aromatic carbocycles. The van der Waals surface area contributed by atoms with E-state index in [4.69, 9.17) is 14.2 Å². The lowest BCUT2D eigenvalue weighted by atomic mass is 9.99. The van der Waals surface area contributed by atoms with Crippen molar-refractivity contribution in [1.82, 2.24) is 4.90 Å². The van der Waals surface area contributed by atoms with Crippen LogP contribution in [-0.2, 0) is 30.4 Å². The molecule has 2 N–H and O–H groups in total. The van der Waals surface area contributed by atoms with Crippen molar-refractivity contribution < 1.29 is 28.9 Å². The summed E-state index contributed by atoms with van der Waals surface area (Å²) in [5, 5.41) is 12.2. The lowest BCUT2D eigenvalue weighted by Crippen LogP contribution is -2.40. The highest BCUT2D eigenvalue weighted by molar-refractivity contribution is 5.94. The van der Waals surface area contributed by atoms with Gasteiger partial charge in [0.1, 0.15) is 0 Å². The van der Waals surface area contributed by atoms with Crippen molar-refractivity contribution in [3.63, 3.8) is 0 Å². The second-order valence-corrected chi connectivity index (χ2v) is 10.3. The molecule has 0 saturated carbocycles. The van der Waals surface area contributed by atoms with Crippen LogP contribution in [0, 0.1) is 0 Å². The van der Waals surface area contributed by atoms with Gasteiger partial charge in [-0.25, -0.2) is 0 Å². The quantitative estimate of drug-likeness (QED) is 0.475. The molecule has 0 spiro atoms. The van der Waals surface area contributed by atoms with Gasteiger partial charge in [0, 0.05) is 31.1 Å². The molecule has 0 aromatic heterocycles. The number of aliphatic hydroxyl groups excluding tert-OH is 1. The molecule has 2 aliphatic heterocycles. The minimum atomic E-state index is -0.876. The van der Waals surface area contributed by atoms with E-state index in [1.807, 2.05) is 36.4 Å². The molecule has 0 aliphatic carbocycles. The van der Waals surface area contributed by atoms with E-state index in [0.29, 0.717) is 5.69 Å². The first-order valence-corrected chi connectivity index (χ1v) is 13.7. The third-order valence-corrected chi connectivity index (χ3v) is 7.19. The van der Waals surface area contributed by atoms with Gasteiger partial charge in [-0.1, -0.05) is 55.7 Å². The summed E-state index contributed by atoms with van der Waals surface area (Å²) in [7, 11) is 0. The summed E-state index contributed by atoms with van der Waals surface area (Å²) >= 11 is 0. The number of aliphatic hydroxyl groups is 1. The summed E-state index contributed by atoms with van der Waals surface area (Å²) in [5.41, 5.74) is 3.40. The van der Waals surface area contributed by atoms with Crippen LogP contribution in [-0.4, -0.2) is 53.7 Å². The van der Waals surface area contributed by atoms with Gasteiger partial charge in [-0.2, -0.15) is 0 Å². The molecule has 38 heavy (non-hydrogen) atoms. The van der Waals surface area contributed by atoms with Gasteiger partial charge < -0.3 is 29.5 Å². The Labute approximate surface area is 225 Å². The van der Waals surface area contributed by atoms with Crippen LogP contribution in [0.15, 0.2) is 48.5 Å². The normalized spacial score (nSPS) is 23.6. The number of esters is 1. The summed E-state index contributed by atoms with van der Waals surface area (Å²) in [5.74, 6) is -0.891. The Bertz CT molecular complexity index is 1030. The molecule has 2 fully saturated rings. The Morgan fingerprint density at radius 3 is 2.24 bits per heavy atom. The first kappa shape index (κ1) is 28.2. The average Bonchev–Trinajstić information content (AvgIpc) is 2.90. The van der Waals surface area contributed by atoms with E-state index in [9.17, 15) is 14.7 Å². The van der Waals surface area contributed by atoms with E-state index in [1.165, 1.54) is 46.0 Å². The maximum absolute atomic E-state index is 12.3. The molecule has 2 aromatic rings. The molecule has 2 heterocycles. The van der Waals surface area contributed by atoms with Gasteiger partial charge in [-0.15, -0.1) is 0 Å². The van der Waals surface area contributed by atoms with Crippen LogP contribution in [0.3, 0.4) is 0 Å². The highest BCUT2D eigenvalue weighted by atomic mass is 16.7.